The Morgan fingerprint density at radius 1 is 1.17 bits per heavy atom. The molecule has 8 heteroatoms. The highest BCUT2D eigenvalue weighted by Gasteiger charge is 2.38. The van der Waals surface area contributed by atoms with Crippen molar-refractivity contribution in [3.8, 4) is 0 Å². The minimum atomic E-state index is -4.38. The monoisotopic (exact) mass is 405 g/mol. The summed E-state index contributed by atoms with van der Waals surface area (Å²) in [5.74, 6) is -0.481. The highest BCUT2D eigenvalue weighted by Crippen LogP contribution is 2.39. The maximum atomic E-state index is 13.3. The molecule has 0 aliphatic carbocycles. The van der Waals surface area contributed by atoms with Gasteiger partial charge in [-0.2, -0.15) is 13.2 Å². The van der Waals surface area contributed by atoms with E-state index in [1.54, 1.807) is 22.9 Å². The molecule has 0 bridgehead atoms. The first-order valence-corrected chi connectivity index (χ1v) is 9.70. The Labute approximate surface area is 166 Å². The minimum absolute atomic E-state index is 0.0337. The quantitative estimate of drug-likeness (QED) is 0.760. The normalized spacial score (nSPS) is 20.8. The predicted molar refractivity (Wildman–Crippen MR) is 102 cm³/mol. The fourth-order valence-electron chi connectivity index (χ4n) is 4.40. The van der Waals surface area contributed by atoms with Gasteiger partial charge in [0, 0.05) is 26.7 Å². The van der Waals surface area contributed by atoms with Crippen LogP contribution in [0.4, 0.5) is 13.2 Å². The molecule has 3 aliphatic rings. The average Bonchev–Trinajstić information content (AvgIpc) is 3.10. The number of hydrogen-bond donors (Lipinski definition) is 0. The number of carbonyl (C=O) groups is 2. The van der Waals surface area contributed by atoms with Gasteiger partial charge in [-0.25, -0.2) is 0 Å². The number of halogens is 3. The van der Waals surface area contributed by atoms with Crippen molar-refractivity contribution in [3.05, 3.63) is 46.5 Å². The molecule has 2 amide bonds. The second kappa shape index (κ2) is 7.31. The molecule has 0 saturated carbocycles. The number of nitrogens with zero attached hydrogens (tertiary/aromatic N) is 3. The molecule has 5 nitrogen and oxygen atoms in total. The van der Waals surface area contributed by atoms with Crippen LogP contribution in [0.2, 0.25) is 0 Å². The number of alkyl halides is 3. The van der Waals surface area contributed by atoms with Crippen molar-refractivity contribution in [1.82, 2.24) is 9.80 Å². The molecule has 1 aromatic carbocycles. The van der Waals surface area contributed by atoms with Crippen LogP contribution in [0, 0.1) is 0 Å². The molecule has 1 saturated heterocycles. The van der Waals surface area contributed by atoms with Crippen molar-refractivity contribution >= 4 is 17.5 Å². The first kappa shape index (κ1) is 19.7. The third-order valence-electron chi connectivity index (χ3n) is 6.01. The van der Waals surface area contributed by atoms with Gasteiger partial charge in [0.1, 0.15) is 5.71 Å². The van der Waals surface area contributed by atoms with E-state index in [0.717, 1.165) is 17.2 Å². The lowest BCUT2D eigenvalue weighted by Crippen LogP contribution is -2.43. The maximum Gasteiger partial charge on any atom is 0.416 e. The molecular weight excluding hydrogens is 383 g/mol. The molecule has 4 rings (SSSR count). The number of carbonyl (C=O) groups excluding carboxylic acids is 2. The summed E-state index contributed by atoms with van der Waals surface area (Å²) in [5.41, 5.74) is 1.81. The van der Waals surface area contributed by atoms with E-state index < -0.39 is 11.7 Å². The van der Waals surface area contributed by atoms with Gasteiger partial charge in [-0.05, 0) is 41.5 Å². The van der Waals surface area contributed by atoms with Crippen molar-refractivity contribution in [1.29, 1.82) is 0 Å². The Hall–Kier alpha value is -2.64. The molecular formula is C21H22F3N3O2. The van der Waals surface area contributed by atoms with E-state index in [4.69, 9.17) is 0 Å². The van der Waals surface area contributed by atoms with Crippen molar-refractivity contribution in [2.45, 2.75) is 31.4 Å². The highest BCUT2D eigenvalue weighted by molar-refractivity contribution is 6.46. The van der Waals surface area contributed by atoms with Crippen LogP contribution in [-0.4, -0.2) is 60.6 Å². The average molecular weight is 405 g/mol. The second-order valence-electron chi connectivity index (χ2n) is 7.83. The topological polar surface area (TPSA) is 53.0 Å². The Morgan fingerprint density at radius 3 is 2.55 bits per heavy atom. The molecule has 1 aromatic rings. The van der Waals surface area contributed by atoms with Crippen LogP contribution in [0.25, 0.3) is 0 Å². The zero-order chi connectivity index (χ0) is 20.8. The van der Waals surface area contributed by atoms with Crippen LogP contribution in [0.15, 0.2) is 40.4 Å². The number of aliphatic imine (C=N–C) groups is 1. The fraction of sp³-hybridized carbons (Fsp3) is 0.476. The van der Waals surface area contributed by atoms with Gasteiger partial charge in [0.2, 0.25) is 5.91 Å². The van der Waals surface area contributed by atoms with E-state index >= 15 is 0 Å². The summed E-state index contributed by atoms with van der Waals surface area (Å²) in [6.07, 6.45) is -3.25. The lowest BCUT2D eigenvalue weighted by atomic mass is 9.86. The van der Waals surface area contributed by atoms with E-state index in [0.29, 0.717) is 50.3 Å². The van der Waals surface area contributed by atoms with Gasteiger partial charge >= 0.3 is 6.18 Å². The molecule has 0 spiro atoms. The summed E-state index contributed by atoms with van der Waals surface area (Å²) in [6, 6.07) is 5.68. The SMILES string of the molecule is CN1CC2=C(CC1=O)C(C(=O)N1CCC(c3ccccc3C(F)(F)F)CC1)=NC2. The van der Waals surface area contributed by atoms with Gasteiger partial charge in [0.05, 0.1) is 18.5 Å². The van der Waals surface area contributed by atoms with Crippen LogP contribution >= 0.6 is 0 Å². The number of likely N-dealkylation sites (tertiary alicyclic amines) is 1. The van der Waals surface area contributed by atoms with Crippen LogP contribution in [-0.2, 0) is 15.8 Å². The summed E-state index contributed by atoms with van der Waals surface area (Å²) in [6.45, 7) is 1.69. The van der Waals surface area contributed by atoms with E-state index in [-0.39, 0.29) is 24.2 Å². The van der Waals surface area contributed by atoms with E-state index in [2.05, 4.69) is 4.99 Å². The highest BCUT2D eigenvalue weighted by atomic mass is 19.4. The Balaban J connectivity index is 1.45. The second-order valence-corrected chi connectivity index (χ2v) is 7.83. The largest absolute Gasteiger partial charge is 0.416 e. The summed E-state index contributed by atoms with van der Waals surface area (Å²) in [5, 5.41) is 0. The minimum Gasteiger partial charge on any atom is -0.341 e. The molecule has 0 N–H and O–H groups in total. The standard InChI is InChI=1S/C21H22F3N3O2/c1-26-12-14-11-25-19(16(14)10-18(26)28)20(29)27-8-6-13(7-9-27)15-4-2-3-5-17(15)21(22,23)24/h2-5,13H,6-12H2,1H3. The molecule has 0 unspecified atom stereocenters. The zero-order valence-corrected chi connectivity index (χ0v) is 16.1. The van der Waals surface area contributed by atoms with Crippen LogP contribution < -0.4 is 0 Å². The lowest BCUT2D eigenvalue weighted by Gasteiger charge is -2.33. The summed E-state index contributed by atoms with van der Waals surface area (Å²) in [4.78, 5) is 32.6. The lowest BCUT2D eigenvalue weighted by molar-refractivity contribution is -0.138. The first-order valence-electron chi connectivity index (χ1n) is 9.70. The molecule has 3 aliphatic heterocycles. The molecule has 0 atom stereocenters. The molecule has 29 heavy (non-hydrogen) atoms. The molecule has 0 aromatic heterocycles. The number of rotatable bonds is 2. The maximum absolute atomic E-state index is 13.3. The van der Waals surface area contributed by atoms with Crippen LogP contribution in [0.5, 0.6) is 0 Å². The van der Waals surface area contributed by atoms with Gasteiger partial charge in [-0.15, -0.1) is 0 Å². The van der Waals surface area contributed by atoms with Gasteiger partial charge in [-0.3, -0.25) is 14.6 Å². The predicted octanol–water partition coefficient (Wildman–Crippen LogP) is 3.02. The summed E-state index contributed by atoms with van der Waals surface area (Å²) >= 11 is 0. The van der Waals surface area contributed by atoms with E-state index in [1.807, 2.05) is 0 Å². The number of piperidine rings is 1. The first-order chi connectivity index (χ1) is 13.8. The van der Waals surface area contributed by atoms with Gasteiger partial charge < -0.3 is 9.80 Å². The Bertz CT molecular complexity index is 912. The fourth-order valence-corrected chi connectivity index (χ4v) is 4.40. The van der Waals surface area contributed by atoms with Crippen molar-refractivity contribution in [2.24, 2.45) is 4.99 Å². The number of likely N-dealkylation sites (N-methyl/N-ethyl adjacent to an activating group) is 1. The molecule has 1 fully saturated rings. The van der Waals surface area contributed by atoms with Gasteiger partial charge in [0.25, 0.3) is 5.91 Å². The number of amides is 2. The zero-order valence-electron chi connectivity index (χ0n) is 16.1. The number of hydrogen-bond acceptors (Lipinski definition) is 3. The van der Waals surface area contributed by atoms with Crippen molar-refractivity contribution in [2.75, 3.05) is 33.2 Å². The molecule has 3 heterocycles. The Morgan fingerprint density at radius 2 is 1.86 bits per heavy atom. The van der Waals surface area contributed by atoms with Crippen molar-refractivity contribution < 1.29 is 22.8 Å². The van der Waals surface area contributed by atoms with Crippen LogP contribution in [0.1, 0.15) is 36.3 Å². The van der Waals surface area contributed by atoms with E-state index in [1.165, 1.54) is 12.1 Å². The number of benzene rings is 1. The smallest absolute Gasteiger partial charge is 0.341 e. The van der Waals surface area contributed by atoms with Crippen molar-refractivity contribution in [3.63, 3.8) is 0 Å². The van der Waals surface area contributed by atoms with Gasteiger partial charge in [0.15, 0.2) is 0 Å². The van der Waals surface area contributed by atoms with Crippen LogP contribution in [0.3, 0.4) is 0 Å². The Kier molecular flexibility index (Phi) is 4.96. The molecule has 154 valence electrons. The summed E-state index contributed by atoms with van der Waals surface area (Å²) in [7, 11) is 1.73. The third kappa shape index (κ3) is 3.68. The summed E-state index contributed by atoms with van der Waals surface area (Å²) < 4.78 is 39.9. The van der Waals surface area contributed by atoms with Gasteiger partial charge in [-0.1, -0.05) is 18.2 Å². The van der Waals surface area contributed by atoms with E-state index in [9.17, 15) is 22.8 Å². The third-order valence-corrected chi connectivity index (χ3v) is 6.01. The molecule has 0 radical (unpaired) electrons.